The zero-order valence-electron chi connectivity index (χ0n) is 17.9. The summed E-state index contributed by atoms with van der Waals surface area (Å²) >= 11 is 0. The number of likely N-dealkylation sites (N-methyl/N-ethyl adjacent to an activating group) is 2. The van der Waals surface area contributed by atoms with E-state index in [2.05, 4.69) is 5.10 Å². The van der Waals surface area contributed by atoms with E-state index in [-0.39, 0.29) is 18.4 Å². The molecule has 0 N–H and O–H groups in total. The maximum Gasteiger partial charge on any atom is 0.242 e. The van der Waals surface area contributed by atoms with Gasteiger partial charge in [-0.15, -0.1) is 0 Å². The summed E-state index contributed by atoms with van der Waals surface area (Å²) in [4.78, 5) is 32.8. The van der Waals surface area contributed by atoms with Crippen LogP contribution in [0, 0.1) is 13.8 Å². The van der Waals surface area contributed by atoms with Gasteiger partial charge in [0, 0.05) is 43.3 Å². The Morgan fingerprint density at radius 3 is 2.45 bits per heavy atom. The number of benzene rings is 1. The number of rotatable bonds is 7. The van der Waals surface area contributed by atoms with E-state index in [1.54, 1.807) is 11.9 Å². The molecule has 0 bridgehead atoms. The van der Waals surface area contributed by atoms with Gasteiger partial charge in [0.15, 0.2) is 5.65 Å². The monoisotopic (exact) mass is 395 g/mol. The van der Waals surface area contributed by atoms with E-state index >= 15 is 0 Å². The number of hydrogen-bond donors (Lipinski definition) is 0. The molecule has 0 atom stereocenters. The van der Waals surface area contributed by atoms with Crippen LogP contribution in [-0.4, -0.2) is 62.9 Å². The van der Waals surface area contributed by atoms with Crippen molar-refractivity contribution < 1.29 is 9.59 Å². The number of carbonyl (C=O) groups excluding carboxylic acids is 2. The van der Waals surface area contributed by atoms with Gasteiger partial charge in [-0.05, 0) is 51.8 Å². The summed E-state index contributed by atoms with van der Waals surface area (Å²) in [6.45, 7) is 9.29. The van der Waals surface area contributed by atoms with Gasteiger partial charge in [-0.2, -0.15) is 5.10 Å². The minimum absolute atomic E-state index is 0.0236. The van der Waals surface area contributed by atoms with Crippen LogP contribution in [-0.2, 0) is 16.0 Å². The Morgan fingerprint density at radius 2 is 1.76 bits per heavy atom. The Kier molecular flexibility index (Phi) is 6.15. The number of aromatic nitrogens is 3. The van der Waals surface area contributed by atoms with E-state index in [0.717, 1.165) is 33.5 Å². The first-order valence-electron chi connectivity index (χ1n) is 10.1. The van der Waals surface area contributed by atoms with Gasteiger partial charge in [0.2, 0.25) is 11.8 Å². The van der Waals surface area contributed by atoms with Crippen molar-refractivity contribution in [2.75, 3.05) is 26.7 Å². The Morgan fingerprint density at radius 1 is 1.07 bits per heavy atom. The van der Waals surface area contributed by atoms with Crippen LogP contribution >= 0.6 is 0 Å². The molecule has 1 aromatic carbocycles. The van der Waals surface area contributed by atoms with Crippen molar-refractivity contribution in [3.8, 4) is 0 Å². The Hall–Kier alpha value is -2.96. The fourth-order valence-corrected chi connectivity index (χ4v) is 3.73. The third-order valence-corrected chi connectivity index (χ3v) is 5.52. The SMILES string of the molecule is CCN(CC)C(=O)CN(C)C(=O)CCc1c(C)nc2c3ccccc3nn2c1C. The first-order valence-corrected chi connectivity index (χ1v) is 10.1. The van der Waals surface area contributed by atoms with Crippen LogP contribution in [0.15, 0.2) is 24.3 Å². The average Bonchev–Trinajstić information content (AvgIpc) is 3.07. The number of hydrogen-bond acceptors (Lipinski definition) is 4. The van der Waals surface area contributed by atoms with Gasteiger partial charge in [-0.1, -0.05) is 12.1 Å². The molecule has 0 aliphatic rings. The highest BCUT2D eigenvalue weighted by Gasteiger charge is 2.19. The lowest BCUT2D eigenvalue weighted by atomic mass is 10.1. The van der Waals surface area contributed by atoms with Crippen molar-refractivity contribution in [1.29, 1.82) is 0 Å². The van der Waals surface area contributed by atoms with Crippen LogP contribution in [0.3, 0.4) is 0 Å². The largest absolute Gasteiger partial charge is 0.342 e. The second kappa shape index (κ2) is 8.59. The van der Waals surface area contributed by atoms with Crippen LogP contribution < -0.4 is 0 Å². The molecule has 0 fully saturated rings. The summed E-state index contributed by atoms with van der Waals surface area (Å²) in [7, 11) is 1.69. The fourth-order valence-electron chi connectivity index (χ4n) is 3.73. The smallest absolute Gasteiger partial charge is 0.242 e. The van der Waals surface area contributed by atoms with Gasteiger partial charge in [-0.3, -0.25) is 9.59 Å². The molecular formula is C22H29N5O2. The first-order chi connectivity index (χ1) is 13.9. The van der Waals surface area contributed by atoms with Crippen LogP contribution in [0.4, 0.5) is 0 Å². The van der Waals surface area contributed by atoms with E-state index in [1.165, 1.54) is 4.90 Å². The molecular weight excluding hydrogens is 366 g/mol. The molecule has 0 aliphatic heterocycles. The third kappa shape index (κ3) is 4.09. The van der Waals surface area contributed by atoms with E-state index < -0.39 is 0 Å². The predicted molar refractivity (Wildman–Crippen MR) is 114 cm³/mol. The second-order valence-electron chi connectivity index (χ2n) is 7.33. The molecule has 0 aliphatic carbocycles. The van der Waals surface area contributed by atoms with Crippen LogP contribution in [0.5, 0.6) is 0 Å². The number of aryl methyl sites for hydroxylation is 2. The number of amides is 2. The summed E-state index contributed by atoms with van der Waals surface area (Å²) in [6, 6.07) is 7.95. The molecule has 0 saturated carbocycles. The van der Waals surface area contributed by atoms with Crippen molar-refractivity contribution in [2.45, 2.75) is 40.5 Å². The highest BCUT2D eigenvalue weighted by molar-refractivity contribution is 5.92. The zero-order chi connectivity index (χ0) is 21.1. The van der Waals surface area contributed by atoms with E-state index in [9.17, 15) is 9.59 Å². The quantitative estimate of drug-likeness (QED) is 0.617. The van der Waals surface area contributed by atoms with Crippen LogP contribution in [0.25, 0.3) is 16.6 Å². The molecule has 7 nitrogen and oxygen atoms in total. The van der Waals surface area contributed by atoms with Crippen molar-refractivity contribution in [1.82, 2.24) is 24.4 Å². The summed E-state index contributed by atoms with van der Waals surface area (Å²) in [5.74, 6) is -0.0699. The lowest BCUT2D eigenvalue weighted by molar-refractivity contribution is -0.139. The summed E-state index contributed by atoms with van der Waals surface area (Å²) < 4.78 is 1.87. The van der Waals surface area contributed by atoms with Gasteiger partial charge in [0.25, 0.3) is 0 Å². The third-order valence-electron chi connectivity index (χ3n) is 5.52. The zero-order valence-corrected chi connectivity index (χ0v) is 17.9. The van der Waals surface area contributed by atoms with Gasteiger partial charge in [-0.25, -0.2) is 9.50 Å². The number of nitrogens with zero attached hydrogens (tertiary/aromatic N) is 5. The minimum Gasteiger partial charge on any atom is -0.342 e. The van der Waals surface area contributed by atoms with Crippen LogP contribution in [0.1, 0.15) is 37.2 Å². The van der Waals surface area contributed by atoms with Crippen molar-refractivity contribution in [3.63, 3.8) is 0 Å². The molecule has 2 amide bonds. The fraction of sp³-hybridized carbons (Fsp3) is 0.455. The topological polar surface area (TPSA) is 70.8 Å². The Bertz CT molecular complexity index is 1050. The van der Waals surface area contributed by atoms with E-state index in [4.69, 9.17) is 4.98 Å². The lowest BCUT2D eigenvalue weighted by Crippen LogP contribution is -2.41. The minimum atomic E-state index is -0.0463. The van der Waals surface area contributed by atoms with Crippen molar-refractivity contribution >= 4 is 28.4 Å². The lowest BCUT2D eigenvalue weighted by Gasteiger charge is -2.23. The maximum atomic E-state index is 12.6. The Labute approximate surface area is 171 Å². The molecule has 154 valence electrons. The first kappa shape index (κ1) is 20.8. The summed E-state index contributed by atoms with van der Waals surface area (Å²) in [5.41, 5.74) is 4.69. The summed E-state index contributed by atoms with van der Waals surface area (Å²) in [5, 5.41) is 5.69. The molecule has 0 unspecified atom stereocenters. The molecule has 3 aromatic rings. The highest BCUT2D eigenvalue weighted by Crippen LogP contribution is 2.23. The van der Waals surface area contributed by atoms with Gasteiger partial charge < -0.3 is 9.80 Å². The number of fused-ring (bicyclic) bond motifs is 3. The molecule has 0 spiro atoms. The van der Waals surface area contributed by atoms with Gasteiger partial charge in [0.05, 0.1) is 12.1 Å². The van der Waals surface area contributed by atoms with Crippen molar-refractivity contribution in [2.24, 2.45) is 0 Å². The summed E-state index contributed by atoms with van der Waals surface area (Å²) in [6.07, 6.45) is 0.900. The molecule has 29 heavy (non-hydrogen) atoms. The normalized spacial score (nSPS) is 11.2. The molecule has 2 heterocycles. The van der Waals surface area contributed by atoms with E-state index in [0.29, 0.717) is 25.9 Å². The van der Waals surface area contributed by atoms with Crippen molar-refractivity contribution in [3.05, 3.63) is 41.2 Å². The van der Waals surface area contributed by atoms with Crippen LogP contribution in [0.2, 0.25) is 0 Å². The molecule has 2 aromatic heterocycles. The van der Waals surface area contributed by atoms with Gasteiger partial charge in [0.1, 0.15) is 0 Å². The number of carbonyl (C=O) groups is 2. The molecule has 7 heteroatoms. The second-order valence-corrected chi connectivity index (χ2v) is 7.33. The molecule has 0 radical (unpaired) electrons. The maximum absolute atomic E-state index is 12.6. The van der Waals surface area contributed by atoms with Gasteiger partial charge >= 0.3 is 0 Å². The predicted octanol–water partition coefficient (Wildman–Crippen LogP) is 2.76. The molecule has 3 rings (SSSR count). The van der Waals surface area contributed by atoms with E-state index in [1.807, 2.05) is 56.5 Å². The standard InChI is InChI=1S/C22H29N5O2/c1-6-26(7-2)21(29)14-25(5)20(28)13-12-17-15(3)23-22-18-10-8-9-11-19(18)24-27(22)16(17)4/h8-11H,6-7,12-14H2,1-5H3. The average molecular weight is 396 g/mol. The Balaban J connectivity index is 1.75. The molecule has 0 saturated heterocycles. The highest BCUT2D eigenvalue weighted by atomic mass is 16.2.